The van der Waals surface area contributed by atoms with E-state index < -0.39 is 0 Å². The van der Waals surface area contributed by atoms with Gasteiger partial charge in [-0.15, -0.1) is 11.3 Å². The van der Waals surface area contributed by atoms with Gasteiger partial charge < -0.3 is 4.90 Å². The van der Waals surface area contributed by atoms with Crippen molar-refractivity contribution in [1.29, 1.82) is 0 Å². The van der Waals surface area contributed by atoms with Crippen LogP contribution in [0.3, 0.4) is 0 Å². The molecule has 0 aromatic carbocycles. The smallest absolute Gasteiger partial charge is 0.240 e. The zero-order valence-electron chi connectivity index (χ0n) is 12.8. The third-order valence-corrected chi connectivity index (χ3v) is 5.17. The van der Waals surface area contributed by atoms with Gasteiger partial charge in [-0.3, -0.25) is 5.43 Å². The van der Waals surface area contributed by atoms with E-state index in [1.54, 1.807) is 11.3 Å². The van der Waals surface area contributed by atoms with Crippen molar-refractivity contribution in [2.45, 2.75) is 46.1 Å². The van der Waals surface area contributed by atoms with Crippen molar-refractivity contribution in [3.63, 3.8) is 0 Å². The molecule has 0 aliphatic rings. The van der Waals surface area contributed by atoms with Crippen LogP contribution in [0.15, 0.2) is 6.07 Å². The van der Waals surface area contributed by atoms with E-state index in [0.717, 1.165) is 28.9 Å². The lowest BCUT2D eigenvalue weighted by molar-refractivity contribution is 0.468. The molecule has 110 valence electrons. The van der Waals surface area contributed by atoms with Crippen LogP contribution in [0.1, 0.15) is 39.0 Å². The minimum absolute atomic E-state index is 0.0292. The van der Waals surface area contributed by atoms with Crippen LogP contribution in [0.5, 0.6) is 0 Å². The van der Waals surface area contributed by atoms with Gasteiger partial charge in [0.2, 0.25) is 5.95 Å². The van der Waals surface area contributed by atoms with Gasteiger partial charge >= 0.3 is 0 Å². The summed E-state index contributed by atoms with van der Waals surface area (Å²) in [7, 11) is 2.08. The number of nitrogen functional groups attached to an aromatic ring is 1. The van der Waals surface area contributed by atoms with E-state index in [0.29, 0.717) is 5.95 Å². The second kappa shape index (κ2) is 5.54. The third-order valence-electron chi connectivity index (χ3n) is 3.99. The highest BCUT2D eigenvalue weighted by atomic mass is 32.1. The number of hydrogen-bond acceptors (Lipinski definition) is 6. The number of thiophene rings is 1. The molecule has 2 aromatic heterocycles. The maximum atomic E-state index is 5.50. The lowest BCUT2D eigenvalue weighted by Crippen LogP contribution is -2.41. The first-order valence-electron chi connectivity index (χ1n) is 6.93. The maximum absolute atomic E-state index is 5.50. The summed E-state index contributed by atoms with van der Waals surface area (Å²) in [6, 6.07) is 2.19. The number of rotatable bonds is 5. The van der Waals surface area contributed by atoms with Crippen molar-refractivity contribution >= 4 is 33.3 Å². The molecule has 0 atom stereocenters. The van der Waals surface area contributed by atoms with Gasteiger partial charge in [0, 0.05) is 17.5 Å². The predicted molar refractivity (Wildman–Crippen MR) is 87.4 cm³/mol. The fraction of sp³-hybridized carbons (Fsp3) is 0.571. The molecule has 0 fully saturated rings. The summed E-state index contributed by atoms with van der Waals surface area (Å²) in [6.07, 6.45) is 2.04. The molecule has 5 nitrogen and oxygen atoms in total. The Morgan fingerprint density at radius 3 is 2.60 bits per heavy atom. The highest BCUT2D eigenvalue weighted by Crippen LogP contribution is 2.34. The number of aryl methyl sites for hydroxylation is 1. The second-order valence-electron chi connectivity index (χ2n) is 5.53. The molecule has 2 aromatic rings. The Labute approximate surface area is 124 Å². The monoisotopic (exact) mass is 293 g/mol. The molecule has 0 aliphatic heterocycles. The molecule has 0 bridgehead atoms. The number of nitrogens with one attached hydrogen (secondary N) is 1. The molecular weight excluding hydrogens is 270 g/mol. The van der Waals surface area contributed by atoms with Crippen LogP contribution >= 0.6 is 11.3 Å². The first-order valence-corrected chi connectivity index (χ1v) is 7.75. The van der Waals surface area contributed by atoms with Gasteiger partial charge in [0.25, 0.3) is 0 Å². The Balaban J connectivity index is 2.63. The first kappa shape index (κ1) is 15.0. The molecule has 0 saturated carbocycles. The van der Waals surface area contributed by atoms with Gasteiger partial charge in [-0.25, -0.2) is 10.8 Å². The van der Waals surface area contributed by atoms with Gasteiger partial charge in [0.05, 0.1) is 5.39 Å². The zero-order chi connectivity index (χ0) is 14.9. The van der Waals surface area contributed by atoms with Crippen molar-refractivity contribution < 1.29 is 0 Å². The van der Waals surface area contributed by atoms with Crippen LogP contribution in [0.4, 0.5) is 11.8 Å². The number of hydrazine groups is 1. The van der Waals surface area contributed by atoms with Crippen LogP contribution < -0.4 is 16.2 Å². The molecule has 2 heterocycles. The van der Waals surface area contributed by atoms with Gasteiger partial charge in [-0.2, -0.15) is 4.98 Å². The van der Waals surface area contributed by atoms with E-state index >= 15 is 0 Å². The minimum Gasteiger partial charge on any atom is -0.354 e. The Kier molecular flexibility index (Phi) is 4.15. The van der Waals surface area contributed by atoms with Crippen LogP contribution in [0.25, 0.3) is 10.2 Å². The standard InChI is InChI=1S/C14H23N5S/c1-6-9-8-10-11(19(5)14(3,4)7-2)16-13(18-15)17-12(10)20-9/h8H,6-7,15H2,1-5H3,(H,16,17,18). The van der Waals surface area contributed by atoms with E-state index in [2.05, 4.69) is 61.1 Å². The van der Waals surface area contributed by atoms with Crippen molar-refractivity contribution in [3.05, 3.63) is 10.9 Å². The molecular formula is C14H23N5S. The topological polar surface area (TPSA) is 67.1 Å². The van der Waals surface area contributed by atoms with Crippen molar-refractivity contribution in [2.24, 2.45) is 5.84 Å². The molecule has 0 aliphatic carbocycles. The fourth-order valence-corrected chi connectivity index (χ4v) is 2.94. The summed E-state index contributed by atoms with van der Waals surface area (Å²) in [4.78, 5) is 13.5. The molecule has 0 radical (unpaired) electrons. The Morgan fingerprint density at radius 2 is 2.05 bits per heavy atom. The first-order chi connectivity index (χ1) is 9.42. The maximum Gasteiger partial charge on any atom is 0.240 e. The molecule has 6 heteroatoms. The lowest BCUT2D eigenvalue weighted by Gasteiger charge is -2.36. The number of nitrogens with two attached hydrogens (primary N) is 1. The minimum atomic E-state index is 0.0292. The Hall–Kier alpha value is -1.40. The lowest BCUT2D eigenvalue weighted by atomic mass is 10.00. The van der Waals surface area contributed by atoms with Gasteiger partial charge in [0.15, 0.2) is 0 Å². The summed E-state index contributed by atoms with van der Waals surface area (Å²) < 4.78 is 0. The summed E-state index contributed by atoms with van der Waals surface area (Å²) in [5.74, 6) is 6.91. The quantitative estimate of drug-likeness (QED) is 0.654. The second-order valence-corrected chi connectivity index (χ2v) is 6.64. The van der Waals surface area contributed by atoms with Gasteiger partial charge in [0.1, 0.15) is 10.6 Å². The molecule has 0 saturated heterocycles. The highest BCUT2D eigenvalue weighted by molar-refractivity contribution is 7.18. The van der Waals surface area contributed by atoms with Crippen LogP contribution in [-0.4, -0.2) is 22.6 Å². The normalized spacial score (nSPS) is 11.9. The van der Waals surface area contributed by atoms with Gasteiger partial charge in [-0.05, 0) is 32.8 Å². The largest absolute Gasteiger partial charge is 0.354 e. The number of fused-ring (bicyclic) bond motifs is 1. The highest BCUT2D eigenvalue weighted by Gasteiger charge is 2.25. The number of aromatic nitrogens is 2. The molecule has 0 spiro atoms. The zero-order valence-corrected chi connectivity index (χ0v) is 13.6. The van der Waals surface area contributed by atoms with Crippen LogP contribution in [0, 0.1) is 0 Å². The molecule has 2 rings (SSSR count). The van der Waals surface area contributed by atoms with Crippen LogP contribution in [0.2, 0.25) is 0 Å². The van der Waals surface area contributed by atoms with E-state index in [1.165, 1.54) is 4.88 Å². The molecule has 0 unspecified atom stereocenters. The average molecular weight is 293 g/mol. The number of nitrogens with zero attached hydrogens (tertiary/aromatic N) is 3. The Morgan fingerprint density at radius 1 is 1.35 bits per heavy atom. The molecule has 3 N–H and O–H groups in total. The van der Waals surface area contributed by atoms with Crippen molar-refractivity contribution in [2.75, 3.05) is 17.4 Å². The fourth-order valence-electron chi connectivity index (χ4n) is 1.97. The van der Waals surface area contributed by atoms with E-state index in [-0.39, 0.29) is 5.54 Å². The van der Waals surface area contributed by atoms with Crippen molar-refractivity contribution in [1.82, 2.24) is 9.97 Å². The van der Waals surface area contributed by atoms with E-state index in [4.69, 9.17) is 5.84 Å². The van der Waals surface area contributed by atoms with Crippen molar-refractivity contribution in [3.8, 4) is 0 Å². The SMILES string of the molecule is CCc1cc2c(N(C)C(C)(C)CC)nc(NN)nc2s1. The summed E-state index contributed by atoms with van der Waals surface area (Å²) in [5, 5.41) is 1.11. The van der Waals surface area contributed by atoms with Gasteiger partial charge in [-0.1, -0.05) is 13.8 Å². The summed E-state index contributed by atoms with van der Waals surface area (Å²) in [6.45, 7) is 8.76. The predicted octanol–water partition coefficient (Wildman–Crippen LogP) is 3.16. The Bertz CT molecular complexity index is 605. The number of hydrogen-bond donors (Lipinski definition) is 2. The van der Waals surface area contributed by atoms with Crippen LogP contribution in [-0.2, 0) is 6.42 Å². The van der Waals surface area contributed by atoms with E-state index in [1.807, 2.05) is 0 Å². The average Bonchev–Trinajstić information content (AvgIpc) is 2.88. The number of anilines is 2. The summed E-state index contributed by atoms with van der Waals surface area (Å²) in [5.41, 5.74) is 2.60. The molecule has 20 heavy (non-hydrogen) atoms. The molecule has 0 amide bonds. The van der Waals surface area contributed by atoms with E-state index in [9.17, 15) is 0 Å². The summed E-state index contributed by atoms with van der Waals surface area (Å²) >= 11 is 1.70. The third kappa shape index (κ3) is 2.58.